The Morgan fingerprint density at radius 3 is 1.29 bits per heavy atom. The average Bonchev–Trinajstić information content (AvgIpc) is 2.44. The summed E-state index contributed by atoms with van der Waals surface area (Å²) in [5.74, 6) is 1.02. The molecular formula is C15H20N4O2. The highest BCUT2D eigenvalue weighted by Gasteiger charge is 2.06. The van der Waals surface area contributed by atoms with Crippen LogP contribution < -0.4 is 32.4 Å². The standard InChI is InChI=1S/C15H20N4O2/c16-10-4-1-5-11(17)14(10)20-8-3-9-21-15-12(18)6-2-7-13(15)19/h1-2,4-7H,3,8-9,16-19H2. The van der Waals surface area contributed by atoms with Crippen LogP contribution in [0.5, 0.6) is 11.5 Å². The number of para-hydroxylation sites is 2. The van der Waals surface area contributed by atoms with Gasteiger partial charge in [-0.15, -0.1) is 0 Å². The molecule has 6 nitrogen and oxygen atoms in total. The number of nitrogen functional groups attached to an aromatic ring is 4. The van der Waals surface area contributed by atoms with Crippen LogP contribution in [0.1, 0.15) is 6.42 Å². The van der Waals surface area contributed by atoms with E-state index in [1.807, 2.05) is 0 Å². The number of rotatable bonds is 6. The van der Waals surface area contributed by atoms with Gasteiger partial charge in [0.25, 0.3) is 0 Å². The molecule has 0 aliphatic carbocycles. The summed E-state index contributed by atoms with van der Waals surface area (Å²) in [6.07, 6.45) is 0.654. The van der Waals surface area contributed by atoms with Gasteiger partial charge in [0.1, 0.15) is 0 Å². The third-order valence-electron chi connectivity index (χ3n) is 2.93. The van der Waals surface area contributed by atoms with E-state index in [2.05, 4.69) is 0 Å². The van der Waals surface area contributed by atoms with Crippen molar-refractivity contribution in [3.63, 3.8) is 0 Å². The summed E-state index contributed by atoms with van der Waals surface area (Å²) in [6, 6.07) is 10.5. The van der Waals surface area contributed by atoms with Crippen LogP contribution in [0.4, 0.5) is 22.7 Å². The van der Waals surface area contributed by atoms with Crippen molar-refractivity contribution < 1.29 is 9.47 Å². The fourth-order valence-electron chi connectivity index (χ4n) is 1.89. The first-order valence-corrected chi connectivity index (χ1v) is 6.63. The molecule has 0 unspecified atom stereocenters. The lowest BCUT2D eigenvalue weighted by molar-refractivity contribution is 0.250. The molecule has 2 aromatic rings. The number of benzene rings is 2. The summed E-state index contributed by atoms with van der Waals surface area (Å²) < 4.78 is 11.1. The number of nitrogens with two attached hydrogens (primary N) is 4. The van der Waals surface area contributed by atoms with Crippen LogP contribution in [-0.4, -0.2) is 13.2 Å². The van der Waals surface area contributed by atoms with E-state index in [4.69, 9.17) is 32.4 Å². The fraction of sp³-hybridized carbons (Fsp3) is 0.200. The Morgan fingerprint density at radius 1 is 0.619 bits per heavy atom. The molecule has 112 valence electrons. The molecule has 8 N–H and O–H groups in total. The largest absolute Gasteiger partial charge is 0.489 e. The van der Waals surface area contributed by atoms with E-state index in [-0.39, 0.29) is 0 Å². The summed E-state index contributed by atoms with van der Waals surface area (Å²) in [5.41, 5.74) is 25.3. The van der Waals surface area contributed by atoms with Crippen LogP contribution in [0.15, 0.2) is 36.4 Å². The molecule has 0 atom stereocenters. The minimum atomic E-state index is 0.436. The number of anilines is 4. The Bertz CT molecular complexity index is 523. The summed E-state index contributed by atoms with van der Waals surface area (Å²) in [6.45, 7) is 0.871. The van der Waals surface area contributed by atoms with Gasteiger partial charge in [0.05, 0.1) is 36.0 Å². The average molecular weight is 288 g/mol. The van der Waals surface area contributed by atoms with Gasteiger partial charge < -0.3 is 32.4 Å². The molecule has 2 rings (SSSR count). The van der Waals surface area contributed by atoms with E-state index in [1.165, 1.54) is 0 Å². The van der Waals surface area contributed by atoms with Gasteiger partial charge in [-0.3, -0.25) is 0 Å². The minimum Gasteiger partial charge on any atom is -0.489 e. The molecule has 0 spiro atoms. The Hall–Kier alpha value is -2.76. The predicted molar refractivity (Wildman–Crippen MR) is 86.1 cm³/mol. The first kappa shape index (κ1) is 14.6. The molecule has 0 saturated carbocycles. The van der Waals surface area contributed by atoms with Gasteiger partial charge in [-0.2, -0.15) is 0 Å². The van der Waals surface area contributed by atoms with Crippen molar-refractivity contribution >= 4 is 22.7 Å². The molecule has 0 radical (unpaired) electrons. The van der Waals surface area contributed by atoms with Crippen molar-refractivity contribution in [2.24, 2.45) is 0 Å². The van der Waals surface area contributed by atoms with Gasteiger partial charge in [-0.1, -0.05) is 12.1 Å². The normalized spacial score (nSPS) is 10.3. The Kier molecular flexibility index (Phi) is 4.61. The first-order chi connectivity index (χ1) is 10.1. The van der Waals surface area contributed by atoms with Gasteiger partial charge in [0.2, 0.25) is 0 Å². The van der Waals surface area contributed by atoms with Crippen LogP contribution in [-0.2, 0) is 0 Å². The molecule has 0 aliphatic heterocycles. The SMILES string of the molecule is Nc1cccc(N)c1OCCCOc1c(N)cccc1N. The van der Waals surface area contributed by atoms with Gasteiger partial charge in [-0.05, 0) is 24.3 Å². The van der Waals surface area contributed by atoms with E-state index in [0.29, 0.717) is 53.9 Å². The second-order valence-electron chi connectivity index (χ2n) is 4.58. The minimum absolute atomic E-state index is 0.436. The monoisotopic (exact) mass is 288 g/mol. The lowest BCUT2D eigenvalue weighted by Crippen LogP contribution is -2.09. The second-order valence-corrected chi connectivity index (χ2v) is 4.58. The van der Waals surface area contributed by atoms with E-state index in [0.717, 1.165) is 0 Å². The molecule has 6 heteroatoms. The lowest BCUT2D eigenvalue weighted by Gasteiger charge is -2.13. The van der Waals surface area contributed by atoms with Gasteiger partial charge in [-0.25, -0.2) is 0 Å². The summed E-state index contributed by atoms with van der Waals surface area (Å²) in [7, 11) is 0. The number of ether oxygens (including phenoxy) is 2. The fourth-order valence-corrected chi connectivity index (χ4v) is 1.89. The van der Waals surface area contributed by atoms with Crippen molar-refractivity contribution in [3.8, 4) is 11.5 Å². The number of hydrogen-bond donors (Lipinski definition) is 4. The molecule has 0 heterocycles. The highest BCUT2D eigenvalue weighted by Crippen LogP contribution is 2.29. The zero-order valence-corrected chi connectivity index (χ0v) is 11.7. The molecule has 0 amide bonds. The van der Waals surface area contributed by atoms with Crippen molar-refractivity contribution in [3.05, 3.63) is 36.4 Å². The molecule has 21 heavy (non-hydrogen) atoms. The van der Waals surface area contributed by atoms with Crippen molar-refractivity contribution in [2.75, 3.05) is 36.1 Å². The van der Waals surface area contributed by atoms with Crippen LogP contribution in [0.25, 0.3) is 0 Å². The van der Waals surface area contributed by atoms with Crippen molar-refractivity contribution in [2.45, 2.75) is 6.42 Å². The molecule has 0 aromatic heterocycles. The quantitative estimate of drug-likeness (QED) is 0.475. The predicted octanol–water partition coefficient (Wildman–Crippen LogP) is 1.86. The number of hydrogen-bond acceptors (Lipinski definition) is 6. The van der Waals surface area contributed by atoms with Crippen molar-refractivity contribution in [1.29, 1.82) is 0 Å². The smallest absolute Gasteiger partial charge is 0.165 e. The maximum atomic E-state index is 5.80. The van der Waals surface area contributed by atoms with Gasteiger partial charge in [0, 0.05) is 6.42 Å². The molecule has 0 bridgehead atoms. The zero-order valence-electron chi connectivity index (χ0n) is 11.7. The molecular weight excluding hydrogens is 268 g/mol. The van der Waals surface area contributed by atoms with Crippen LogP contribution >= 0.6 is 0 Å². The lowest BCUT2D eigenvalue weighted by atomic mass is 10.2. The highest BCUT2D eigenvalue weighted by molar-refractivity contribution is 5.67. The van der Waals surface area contributed by atoms with E-state index < -0.39 is 0 Å². The van der Waals surface area contributed by atoms with Crippen LogP contribution in [0.3, 0.4) is 0 Å². The second kappa shape index (κ2) is 6.60. The maximum absolute atomic E-state index is 5.80. The molecule has 0 saturated heterocycles. The van der Waals surface area contributed by atoms with E-state index in [9.17, 15) is 0 Å². The molecule has 2 aromatic carbocycles. The van der Waals surface area contributed by atoms with Crippen LogP contribution in [0.2, 0.25) is 0 Å². The summed E-state index contributed by atoms with van der Waals surface area (Å²) >= 11 is 0. The Balaban J connectivity index is 1.81. The Morgan fingerprint density at radius 2 is 0.952 bits per heavy atom. The summed E-state index contributed by atoms with van der Waals surface area (Å²) in [5, 5.41) is 0. The van der Waals surface area contributed by atoms with E-state index >= 15 is 0 Å². The zero-order chi connectivity index (χ0) is 15.2. The third-order valence-corrected chi connectivity index (χ3v) is 2.93. The van der Waals surface area contributed by atoms with Crippen LogP contribution in [0, 0.1) is 0 Å². The van der Waals surface area contributed by atoms with E-state index in [1.54, 1.807) is 36.4 Å². The maximum Gasteiger partial charge on any atom is 0.165 e. The Labute approximate surface area is 123 Å². The topological polar surface area (TPSA) is 123 Å². The van der Waals surface area contributed by atoms with Gasteiger partial charge >= 0.3 is 0 Å². The first-order valence-electron chi connectivity index (χ1n) is 6.63. The third kappa shape index (κ3) is 3.62. The molecule has 0 aliphatic rings. The summed E-state index contributed by atoms with van der Waals surface area (Å²) in [4.78, 5) is 0. The molecule has 0 fully saturated rings. The highest BCUT2D eigenvalue weighted by atomic mass is 16.5. The van der Waals surface area contributed by atoms with Crippen molar-refractivity contribution in [1.82, 2.24) is 0 Å². The van der Waals surface area contributed by atoms with Gasteiger partial charge in [0.15, 0.2) is 11.5 Å².